The van der Waals surface area contributed by atoms with Crippen molar-refractivity contribution in [3.63, 3.8) is 0 Å². The highest BCUT2D eigenvalue weighted by Crippen LogP contribution is 2.48. The standard InChI is InChI=1S/C47H29N/c1-3-17-35-30(11-1)13-7-22-38(35)45-40-19-5-6-20-41(40)46(39-23-8-14-31-12-2-4-18-36(31)39)43-29-34(26-27-42(43)45)37-21-9-15-32-24-25-33-16-10-28-48-47(33)44(32)37/h1-29H. The molecule has 1 heteroatoms. The Kier molecular flexibility index (Phi) is 5.94. The molecule has 1 aromatic heterocycles. The summed E-state index contributed by atoms with van der Waals surface area (Å²) in [5.74, 6) is 0. The summed E-state index contributed by atoms with van der Waals surface area (Å²) < 4.78 is 0. The Bertz CT molecular complexity index is 2890. The molecule has 10 aromatic rings. The maximum absolute atomic E-state index is 4.88. The van der Waals surface area contributed by atoms with E-state index < -0.39 is 0 Å². The van der Waals surface area contributed by atoms with E-state index in [1.54, 1.807) is 0 Å². The molecule has 1 nitrogen and oxygen atoms in total. The summed E-state index contributed by atoms with van der Waals surface area (Å²) in [6.07, 6.45) is 1.90. The van der Waals surface area contributed by atoms with Gasteiger partial charge in [0, 0.05) is 17.0 Å². The van der Waals surface area contributed by atoms with Crippen molar-refractivity contribution in [2.45, 2.75) is 0 Å². The van der Waals surface area contributed by atoms with Crippen LogP contribution < -0.4 is 0 Å². The molecule has 0 unspecified atom stereocenters. The lowest BCUT2D eigenvalue weighted by molar-refractivity contribution is 1.43. The monoisotopic (exact) mass is 607 g/mol. The maximum Gasteiger partial charge on any atom is 0.0786 e. The quantitative estimate of drug-likeness (QED) is 0.144. The number of benzene rings is 9. The lowest BCUT2D eigenvalue weighted by Gasteiger charge is -2.21. The predicted molar refractivity (Wildman–Crippen MR) is 206 cm³/mol. The molecule has 0 atom stereocenters. The second-order valence-electron chi connectivity index (χ2n) is 12.7. The molecule has 0 radical (unpaired) electrons. The summed E-state index contributed by atoms with van der Waals surface area (Å²) in [6, 6.07) is 62.2. The molecule has 48 heavy (non-hydrogen) atoms. The SMILES string of the molecule is c1ccc2c(-c3c4ccccc4c(-c4cccc5ccccc45)c4cc(-c5cccc6ccc7cccnc7c56)ccc34)cccc2c1. The van der Waals surface area contributed by atoms with E-state index in [1.807, 2.05) is 12.3 Å². The molecule has 0 spiro atoms. The van der Waals surface area contributed by atoms with Gasteiger partial charge in [0.15, 0.2) is 0 Å². The first-order chi connectivity index (χ1) is 23.8. The molecule has 1 heterocycles. The van der Waals surface area contributed by atoms with Crippen LogP contribution in [0.4, 0.5) is 0 Å². The second kappa shape index (κ2) is 10.6. The van der Waals surface area contributed by atoms with E-state index in [1.165, 1.54) is 87.2 Å². The Balaban J connectivity index is 1.39. The van der Waals surface area contributed by atoms with Gasteiger partial charge in [0.1, 0.15) is 0 Å². The molecule has 0 bridgehead atoms. The van der Waals surface area contributed by atoms with Gasteiger partial charge in [0.2, 0.25) is 0 Å². The van der Waals surface area contributed by atoms with Crippen LogP contribution in [0.3, 0.4) is 0 Å². The number of nitrogens with zero attached hydrogens (tertiary/aromatic N) is 1. The van der Waals surface area contributed by atoms with Crippen LogP contribution in [0, 0.1) is 0 Å². The van der Waals surface area contributed by atoms with E-state index in [2.05, 4.69) is 164 Å². The molecule has 10 rings (SSSR count). The third kappa shape index (κ3) is 4.01. The minimum absolute atomic E-state index is 1.04. The van der Waals surface area contributed by atoms with Crippen molar-refractivity contribution >= 4 is 64.8 Å². The maximum atomic E-state index is 4.88. The smallest absolute Gasteiger partial charge is 0.0786 e. The number of hydrogen-bond donors (Lipinski definition) is 0. The number of pyridine rings is 1. The topological polar surface area (TPSA) is 12.9 Å². The van der Waals surface area contributed by atoms with E-state index in [9.17, 15) is 0 Å². The van der Waals surface area contributed by atoms with Crippen molar-refractivity contribution in [3.8, 4) is 33.4 Å². The Labute approximate surface area is 278 Å². The molecule has 0 aliphatic carbocycles. The molecule has 0 amide bonds. The third-order valence-electron chi connectivity index (χ3n) is 10.1. The molecule has 222 valence electrons. The fourth-order valence-corrected chi connectivity index (χ4v) is 7.97. The number of fused-ring (bicyclic) bond motifs is 7. The van der Waals surface area contributed by atoms with Crippen molar-refractivity contribution in [1.29, 1.82) is 0 Å². The van der Waals surface area contributed by atoms with E-state index in [0.29, 0.717) is 0 Å². The van der Waals surface area contributed by atoms with Crippen molar-refractivity contribution in [1.82, 2.24) is 4.98 Å². The van der Waals surface area contributed by atoms with Crippen LogP contribution >= 0.6 is 0 Å². The van der Waals surface area contributed by atoms with E-state index >= 15 is 0 Å². The van der Waals surface area contributed by atoms with Crippen molar-refractivity contribution in [2.75, 3.05) is 0 Å². The van der Waals surface area contributed by atoms with Gasteiger partial charge in [-0.1, -0.05) is 158 Å². The van der Waals surface area contributed by atoms with E-state index in [4.69, 9.17) is 4.98 Å². The summed E-state index contributed by atoms with van der Waals surface area (Å²) in [4.78, 5) is 4.88. The first-order valence-electron chi connectivity index (χ1n) is 16.5. The summed E-state index contributed by atoms with van der Waals surface area (Å²) >= 11 is 0. The normalized spacial score (nSPS) is 11.8. The average molecular weight is 608 g/mol. The molecule has 0 aliphatic heterocycles. The highest BCUT2D eigenvalue weighted by atomic mass is 14.6. The van der Waals surface area contributed by atoms with Crippen molar-refractivity contribution in [2.24, 2.45) is 0 Å². The number of aromatic nitrogens is 1. The highest BCUT2D eigenvalue weighted by molar-refractivity contribution is 6.26. The van der Waals surface area contributed by atoms with Gasteiger partial charge in [-0.15, -0.1) is 0 Å². The van der Waals surface area contributed by atoms with Crippen molar-refractivity contribution in [3.05, 3.63) is 176 Å². The lowest BCUT2D eigenvalue weighted by atomic mass is 9.82. The van der Waals surface area contributed by atoms with Gasteiger partial charge in [-0.3, -0.25) is 4.98 Å². The van der Waals surface area contributed by atoms with Gasteiger partial charge in [-0.05, 0) is 94.0 Å². The summed E-state index contributed by atoms with van der Waals surface area (Å²) in [5, 5.41) is 13.6. The number of rotatable bonds is 3. The summed E-state index contributed by atoms with van der Waals surface area (Å²) in [7, 11) is 0. The molecule has 0 N–H and O–H groups in total. The van der Waals surface area contributed by atoms with E-state index in [0.717, 1.165) is 10.9 Å². The van der Waals surface area contributed by atoms with Crippen molar-refractivity contribution < 1.29 is 0 Å². The average Bonchev–Trinajstić information content (AvgIpc) is 3.16. The first kappa shape index (κ1) is 26.9. The van der Waals surface area contributed by atoms with Gasteiger partial charge in [0.25, 0.3) is 0 Å². The van der Waals surface area contributed by atoms with Crippen LogP contribution in [-0.4, -0.2) is 4.98 Å². The fraction of sp³-hybridized carbons (Fsp3) is 0. The molecule has 0 saturated carbocycles. The Morgan fingerprint density at radius 1 is 0.312 bits per heavy atom. The molecule has 0 fully saturated rings. The van der Waals surface area contributed by atoms with Gasteiger partial charge in [0.05, 0.1) is 5.52 Å². The molecular formula is C47H29N. The van der Waals surface area contributed by atoms with Gasteiger partial charge in [-0.2, -0.15) is 0 Å². The molecular weight excluding hydrogens is 579 g/mol. The Hall–Kier alpha value is -6.31. The van der Waals surface area contributed by atoms with Crippen LogP contribution in [-0.2, 0) is 0 Å². The first-order valence-corrected chi connectivity index (χ1v) is 16.5. The number of hydrogen-bond acceptors (Lipinski definition) is 1. The Morgan fingerprint density at radius 2 is 0.812 bits per heavy atom. The van der Waals surface area contributed by atoms with Crippen LogP contribution in [0.15, 0.2) is 176 Å². The Morgan fingerprint density at radius 3 is 1.50 bits per heavy atom. The van der Waals surface area contributed by atoms with Crippen LogP contribution in [0.25, 0.3) is 98.1 Å². The largest absolute Gasteiger partial charge is 0.256 e. The predicted octanol–water partition coefficient (Wildman–Crippen LogP) is 13.0. The van der Waals surface area contributed by atoms with Crippen LogP contribution in [0.2, 0.25) is 0 Å². The zero-order valence-electron chi connectivity index (χ0n) is 26.2. The molecule has 9 aromatic carbocycles. The fourth-order valence-electron chi connectivity index (χ4n) is 7.97. The minimum Gasteiger partial charge on any atom is -0.256 e. The lowest BCUT2D eigenvalue weighted by Crippen LogP contribution is -1.93. The zero-order chi connectivity index (χ0) is 31.6. The molecule has 0 aliphatic rings. The summed E-state index contributed by atoms with van der Waals surface area (Å²) in [6.45, 7) is 0. The van der Waals surface area contributed by atoms with E-state index in [-0.39, 0.29) is 0 Å². The zero-order valence-corrected chi connectivity index (χ0v) is 26.2. The summed E-state index contributed by atoms with van der Waals surface area (Å²) in [5.41, 5.74) is 8.47. The van der Waals surface area contributed by atoms with Crippen LogP contribution in [0.5, 0.6) is 0 Å². The van der Waals surface area contributed by atoms with Gasteiger partial charge < -0.3 is 0 Å². The van der Waals surface area contributed by atoms with Gasteiger partial charge in [-0.25, -0.2) is 0 Å². The highest BCUT2D eigenvalue weighted by Gasteiger charge is 2.20. The minimum atomic E-state index is 1.04. The van der Waals surface area contributed by atoms with Crippen LogP contribution in [0.1, 0.15) is 0 Å². The van der Waals surface area contributed by atoms with Gasteiger partial charge >= 0.3 is 0 Å². The third-order valence-corrected chi connectivity index (χ3v) is 10.1. The second-order valence-corrected chi connectivity index (χ2v) is 12.7. The molecule has 0 saturated heterocycles.